The zero-order chi connectivity index (χ0) is 13.1. The summed E-state index contributed by atoms with van der Waals surface area (Å²) in [6, 6.07) is 6.59. The Labute approximate surface area is 119 Å². The number of hydrogen-bond donors (Lipinski definition) is 1. The first kappa shape index (κ1) is 13.9. The van der Waals surface area contributed by atoms with Crippen molar-refractivity contribution in [3.63, 3.8) is 0 Å². The van der Waals surface area contributed by atoms with Gasteiger partial charge in [0.2, 0.25) is 0 Å². The number of benzene rings is 1. The number of rotatable bonds is 6. The molecule has 18 heavy (non-hydrogen) atoms. The first-order valence-corrected chi connectivity index (χ1v) is 7.61. The molecule has 1 fully saturated rings. The quantitative estimate of drug-likeness (QED) is 0.863. The topological polar surface area (TPSA) is 15.3 Å². The summed E-state index contributed by atoms with van der Waals surface area (Å²) in [7, 11) is 2.21. The van der Waals surface area contributed by atoms with Gasteiger partial charge in [-0.15, -0.1) is 0 Å². The van der Waals surface area contributed by atoms with Crippen LogP contribution in [0.5, 0.6) is 0 Å². The van der Waals surface area contributed by atoms with Crippen LogP contribution in [-0.4, -0.2) is 20.1 Å². The fraction of sp³-hybridized carbons (Fsp3) is 0.600. The van der Waals surface area contributed by atoms with Gasteiger partial charge in [-0.05, 0) is 48.6 Å². The molecule has 2 nitrogen and oxygen atoms in total. The first-order valence-electron chi connectivity index (χ1n) is 6.82. The third-order valence-corrected chi connectivity index (χ3v) is 4.30. The van der Waals surface area contributed by atoms with Gasteiger partial charge in [-0.3, -0.25) is 0 Å². The Balaban J connectivity index is 2.09. The molecule has 1 aliphatic rings. The fourth-order valence-corrected chi connectivity index (χ4v) is 2.84. The average molecular weight is 311 g/mol. The first-order chi connectivity index (χ1) is 8.61. The minimum absolute atomic E-state index is 0.894. The second kappa shape index (κ2) is 6.07. The average Bonchev–Trinajstić information content (AvgIpc) is 3.02. The van der Waals surface area contributed by atoms with Crippen LogP contribution in [0.4, 0.5) is 5.69 Å². The number of hydrogen-bond acceptors (Lipinski definition) is 2. The van der Waals surface area contributed by atoms with E-state index in [0.29, 0.717) is 0 Å². The molecule has 0 amide bonds. The molecule has 0 bridgehead atoms. The normalized spacial score (nSPS) is 22.0. The summed E-state index contributed by atoms with van der Waals surface area (Å²) in [5, 5.41) is 3.42. The van der Waals surface area contributed by atoms with Gasteiger partial charge in [0.1, 0.15) is 0 Å². The molecule has 1 N–H and O–H groups in total. The Morgan fingerprint density at radius 3 is 2.78 bits per heavy atom. The Morgan fingerprint density at radius 2 is 2.17 bits per heavy atom. The van der Waals surface area contributed by atoms with Crippen LogP contribution in [0, 0.1) is 11.8 Å². The molecule has 0 heterocycles. The second-order valence-corrected chi connectivity index (χ2v) is 6.32. The van der Waals surface area contributed by atoms with Gasteiger partial charge in [-0.2, -0.15) is 0 Å². The van der Waals surface area contributed by atoms with Crippen LogP contribution >= 0.6 is 15.9 Å². The van der Waals surface area contributed by atoms with E-state index >= 15 is 0 Å². The van der Waals surface area contributed by atoms with Gasteiger partial charge in [0.05, 0.1) is 0 Å². The van der Waals surface area contributed by atoms with Crippen LogP contribution in [0.2, 0.25) is 0 Å². The Hall–Kier alpha value is -0.540. The molecule has 3 heteroatoms. The molecule has 0 radical (unpaired) electrons. The van der Waals surface area contributed by atoms with Crippen molar-refractivity contribution in [2.45, 2.75) is 26.8 Å². The van der Waals surface area contributed by atoms with Gasteiger partial charge < -0.3 is 10.2 Å². The maximum atomic E-state index is 3.56. The van der Waals surface area contributed by atoms with Gasteiger partial charge in [-0.25, -0.2) is 0 Å². The molecule has 1 aromatic rings. The molecule has 100 valence electrons. The summed E-state index contributed by atoms with van der Waals surface area (Å²) in [5.74, 6) is 1.81. The molecule has 1 aromatic carbocycles. The lowest BCUT2D eigenvalue weighted by atomic mass is 10.1. The van der Waals surface area contributed by atoms with E-state index in [1.807, 2.05) is 0 Å². The lowest BCUT2D eigenvalue weighted by Crippen LogP contribution is -2.23. The van der Waals surface area contributed by atoms with Crippen molar-refractivity contribution in [2.75, 3.05) is 25.0 Å². The van der Waals surface area contributed by atoms with Gasteiger partial charge in [0.15, 0.2) is 0 Å². The molecule has 0 spiro atoms. The zero-order valence-corrected chi connectivity index (χ0v) is 13.1. The molecule has 2 unspecified atom stereocenters. The molecule has 0 saturated heterocycles. The van der Waals surface area contributed by atoms with Gasteiger partial charge in [0.25, 0.3) is 0 Å². The molecular formula is C15H23BrN2. The van der Waals surface area contributed by atoms with Crippen molar-refractivity contribution < 1.29 is 0 Å². The van der Waals surface area contributed by atoms with E-state index in [-0.39, 0.29) is 0 Å². The molecule has 1 aliphatic carbocycles. The number of anilines is 1. The van der Waals surface area contributed by atoms with Gasteiger partial charge in [0, 0.05) is 30.3 Å². The number of nitrogens with zero attached hydrogens (tertiary/aromatic N) is 1. The fourth-order valence-electron chi connectivity index (χ4n) is 2.43. The Bertz CT molecular complexity index is 405. The SMILES string of the molecule is CCNCc1cc(Br)ccc1N(C)CC1CC1C. The highest BCUT2D eigenvalue weighted by Gasteiger charge is 2.33. The van der Waals surface area contributed by atoms with Crippen molar-refractivity contribution in [3.8, 4) is 0 Å². The molecule has 2 rings (SSSR count). The summed E-state index contributed by atoms with van der Waals surface area (Å²) in [6.45, 7) is 7.62. The molecule has 0 aromatic heterocycles. The van der Waals surface area contributed by atoms with Crippen molar-refractivity contribution in [3.05, 3.63) is 28.2 Å². The lowest BCUT2D eigenvalue weighted by Gasteiger charge is -2.23. The van der Waals surface area contributed by atoms with E-state index < -0.39 is 0 Å². The molecule has 2 atom stereocenters. The summed E-state index contributed by atoms with van der Waals surface area (Å²) in [5.41, 5.74) is 2.74. The lowest BCUT2D eigenvalue weighted by molar-refractivity contribution is 0.704. The van der Waals surface area contributed by atoms with Gasteiger partial charge >= 0.3 is 0 Å². The summed E-state index contributed by atoms with van der Waals surface area (Å²) >= 11 is 3.56. The standard InChI is InChI=1S/C15H23BrN2/c1-4-17-9-12-8-14(16)5-6-15(12)18(3)10-13-7-11(13)2/h5-6,8,11,13,17H,4,7,9-10H2,1-3H3. The highest BCUT2D eigenvalue weighted by Crippen LogP contribution is 2.39. The Kier molecular flexibility index (Phi) is 4.68. The van der Waals surface area contributed by atoms with Crippen molar-refractivity contribution in [1.82, 2.24) is 5.32 Å². The van der Waals surface area contributed by atoms with Crippen LogP contribution < -0.4 is 10.2 Å². The second-order valence-electron chi connectivity index (χ2n) is 5.41. The van der Waals surface area contributed by atoms with Crippen LogP contribution in [0.1, 0.15) is 25.8 Å². The number of nitrogens with one attached hydrogen (secondary N) is 1. The monoisotopic (exact) mass is 310 g/mol. The molecule has 1 saturated carbocycles. The summed E-state index contributed by atoms with van der Waals surface area (Å²) < 4.78 is 1.16. The largest absolute Gasteiger partial charge is 0.374 e. The third kappa shape index (κ3) is 3.48. The van der Waals surface area contributed by atoms with Crippen molar-refractivity contribution in [1.29, 1.82) is 0 Å². The van der Waals surface area contributed by atoms with Crippen LogP contribution in [0.3, 0.4) is 0 Å². The third-order valence-electron chi connectivity index (χ3n) is 3.80. The maximum Gasteiger partial charge on any atom is 0.0410 e. The number of halogens is 1. The smallest absolute Gasteiger partial charge is 0.0410 e. The molecule has 0 aliphatic heterocycles. The molecular weight excluding hydrogens is 288 g/mol. The zero-order valence-electron chi connectivity index (χ0n) is 11.5. The van der Waals surface area contributed by atoms with Crippen LogP contribution in [0.15, 0.2) is 22.7 Å². The van der Waals surface area contributed by atoms with E-state index in [4.69, 9.17) is 0 Å². The maximum absolute atomic E-state index is 3.56. The minimum atomic E-state index is 0.894. The van der Waals surface area contributed by atoms with Crippen LogP contribution in [0.25, 0.3) is 0 Å². The van der Waals surface area contributed by atoms with Crippen LogP contribution in [-0.2, 0) is 6.54 Å². The van der Waals surface area contributed by atoms with E-state index in [0.717, 1.165) is 29.4 Å². The summed E-state index contributed by atoms with van der Waals surface area (Å²) in [4.78, 5) is 2.41. The van der Waals surface area contributed by atoms with Gasteiger partial charge in [-0.1, -0.05) is 29.8 Å². The van der Waals surface area contributed by atoms with Crippen molar-refractivity contribution >= 4 is 21.6 Å². The van der Waals surface area contributed by atoms with E-state index in [2.05, 4.69) is 65.2 Å². The summed E-state index contributed by atoms with van der Waals surface area (Å²) in [6.07, 6.45) is 1.39. The predicted molar refractivity (Wildman–Crippen MR) is 82.1 cm³/mol. The van der Waals surface area contributed by atoms with E-state index in [1.165, 1.54) is 24.2 Å². The highest BCUT2D eigenvalue weighted by atomic mass is 79.9. The minimum Gasteiger partial charge on any atom is -0.374 e. The Morgan fingerprint density at radius 1 is 1.44 bits per heavy atom. The van der Waals surface area contributed by atoms with E-state index in [9.17, 15) is 0 Å². The highest BCUT2D eigenvalue weighted by molar-refractivity contribution is 9.10. The van der Waals surface area contributed by atoms with Crippen molar-refractivity contribution in [2.24, 2.45) is 11.8 Å². The predicted octanol–water partition coefficient (Wildman–Crippen LogP) is 3.65. The van der Waals surface area contributed by atoms with E-state index in [1.54, 1.807) is 0 Å².